The van der Waals surface area contributed by atoms with Gasteiger partial charge in [-0.25, -0.2) is 0 Å². The molecule has 0 aliphatic rings. The first-order chi connectivity index (χ1) is 14.5. The molecule has 2 aromatic carbocycles. The molecule has 0 aliphatic heterocycles. The van der Waals surface area contributed by atoms with Crippen LogP contribution in [0.3, 0.4) is 0 Å². The van der Waals surface area contributed by atoms with Gasteiger partial charge in [0.15, 0.2) is 11.0 Å². The number of carbonyl (C=O) groups excluding carboxylic acids is 1. The fourth-order valence-electron chi connectivity index (χ4n) is 3.02. The van der Waals surface area contributed by atoms with Gasteiger partial charge in [-0.2, -0.15) is 0 Å². The molecule has 1 heterocycles. The highest BCUT2D eigenvalue weighted by Gasteiger charge is 2.19. The van der Waals surface area contributed by atoms with Crippen LogP contribution in [0, 0.1) is 0 Å². The molecule has 7 heteroatoms. The van der Waals surface area contributed by atoms with E-state index in [1.54, 1.807) is 12.0 Å². The van der Waals surface area contributed by atoms with Crippen LogP contribution in [0.1, 0.15) is 13.8 Å². The van der Waals surface area contributed by atoms with Crippen molar-refractivity contribution in [1.29, 1.82) is 0 Å². The molecule has 1 aromatic heterocycles. The molecule has 30 heavy (non-hydrogen) atoms. The number of hydrogen-bond donors (Lipinski definition) is 0. The number of likely N-dealkylation sites (N-methyl/N-ethyl adjacent to an activating group) is 1. The Bertz CT molecular complexity index is 1000. The molecule has 1 amide bonds. The smallest absolute Gasteiger partial charge is 0.233 e. The normalized spacial score (nSPS) is 10.6. The van der Waals surface area contributed by atoms with Crippen LogP contribution in [0.2, 0.25) is 0 Å². The molecule has 3 rings (SSSR count). The van der Waals surface area contributed by atoms with Gasteiger partial charge in [0, 0.05) is 24.3 Å². The summed E-state index contributed by atoms with van der Waals surface area (Å²) >= 11 is 1.38. The summed E-state index contributed by atoms with van der Waals surface area (Å²) in [5.74, 6) is 1.83. The number of nitrogens with zero attached hydrogens (tertiary/aromatic N) is 4. The maximum Gasteiger partial charge on any atom is 0.233 e. The van der Waals surface area contributed by atoms with Crippen molar-refractivity contribution < 1.29 is 9.53 Å². The van der Waals surface area contributed by atoms with E-state index < -0.39 is 0 Å². The number of aromatic nitrogens is 3. The summed E-state index contributed by atoms with van der Waals surface area (Å²) in [5, 5.41) is 9.47. The Balaban J connectivity index is 1.91. The predicted octanol–water partition coefficient (Wildman–Crippen LogP) is 4.46. The summed E-state index contributed by atoms with van der Waals surface area (Å²) in [6.45, 7) is 9.02. The van der Waals surface area contributed by atoms with Crippen LogP contribution in [0.4, 0.5) is 0 Å². The molecule has 0 saturated carbocycles. The van der Waals surface area contributed by atoms with Crippen molar-refractivity contribution in [2.45, 2.75) is 19.0 Å². The summed E-state index contributed by atoms with van der Waals surface area (Å²) in [4.78, 5) is 14.5. The second kappa shape index (κ2) is 10.1. The van der Waals surface area contributed by atoms with Crippen LogP contribution in [0.5, 0.6) is 5.75 Å². The molecule has 0 N–H and O–H groups in total. The largest absolute Gasteiger partial charge is 0.497 e. The molecular formula is C23H26N4O2S. The summed E-state index contributed by atoms with van der Waals surface area (Å²) in [6.07, 6.45) is 0. The summed E-state index contributed by atoms with van der Waals surface area (Å²) in [7, 11) is 1.64. The summed E-state index contributed by atoms with van der Waals surface area (Å²) < 4.78 is 7.25. The van der Waals surface area contributed by atoms with E-state index >= 15 is 0 Å². The van der Waals surface area contributed by atoms with Gasteiger partial charge in [-0.15, -0.1) is 10.2 Å². The Labute approximate surface area is 181 Å². The van der Waals surface area contributed by atoms with Crippen LogP contribution in [0.15, 0.2) is 71.9 Å². The Morgan fingerprint density at radius 1 is 1.13 bits per heavy atom. The lowest BCUT2D eigenvalue weighted by Crippen LogP contribution is -2.33. The number of ether oxygens (including phenoxy) is 1. The summed E-state index contributed by atoms with van der Waals surface area (Å²) in [5.41, 5.74) is 2.82. The van der Waals surface area contributed by atoms with Crippen molar-refractivity contribution in [2.75, 3.05) is 26.0 Å². The van der Waals surface area contributed by atoms with E-state index in [1.165, 1.54) is 11.8 Å². The minimum Gasteiger partial charge on any atom is -0.497 e. The first-order valence-corrected chi connectivity index (χ1v) is 10.7. The van der Waals surface area contributed by atoms with Crippen LogP contribution in [0.25, 0.3) is 17.1 Å². The van der Waals surface area contributed by atoms with Gasteiger partial charge in [0.05, 0.1) is 12.9 Å². The monoisotopic (exact) mass is 422 g/mol. The lowest BCUT2D eigenvalue weighted by atomic mass is 10.2. The summed E-state index contributed by atoms with van der Waals surface area (Å²) in [6, 6.07) is 17.6. The number of methoxy groups -OCH3 is 1. The van der Waals surface area contributed by atoms with Crippen LogP contribution < -0.4 is 4.74 Å². The third kappa shape index (κ3) is 5.10. The predicted molar refractivity (Wildman–Crippen MR) is 121 cm³/mol. The van der Waals surface area contributed by atoms with Crippen molar-refractivity contribution in [3.05, 3.63) is 66.7 Å². The lowest BCUT2D eigenvalue weighted by molar-refractivity contribution is -0.127. The van der Waals surface area contributed by atoms with Gasteiger partial charge in [-0.1, -0.05) is 54.2 Å². The van der Waals surface area contributed by atoms with E-state index in [2.05, 4.69) is 16.8 Å². The van der Waals surface area contributed by atoms with Gasteiger partial charge in [-0.05, 0) is 38.1 Å². The maximum absolute atomic E-state index is 12.7. The van der Waals surface area contributed by atoms with E-state index in [4.69, 9.17) is 4.74 Å². The molecule has 0 radical (unpaired) electrons. The highest BCUT2D eigenvalue weighted by atomic mass is 32.2. The van der Waals surface area contributed by atoms with Gasteiger partial charge in [0.2, 0.25) is 5.91 Å². The Kier molecular flexibility index (Phi) is 7.30. The third-order valence-corrected chi connectivity index (χ3v) is 5.43. The van der Waals surface area contributed by atoms with E-state index in [-0.39, 0.29) is 11.7 Å². The van der Waals surface area contributed by atoms with Gasteiger partial charge >= 0.3 is 0 Å². The molecule has 156 valence electrons. The number of benzene rings is 2. The number of carbonyl (C=O) groups is 1. The zero-order valence-electron chi connectivity index (χ0n) is 17.5. The van der Waals surface area contributed by atoms with Gasteiger partial charge in [0.25, 0.3) is 0 Å². The molecule has 6 nitrogen and oxygen atoms in total. The molecule has 0 aliphatic carbocycles. The fourth-order valence-corrected chi connectivity index (χ4v) is 3.88. The molecular weight excluding hydrogens is 396 g/mol. The van der Waals surface area contributed by atoms with E-state index in [0.29, 0.717) is 18.2 Å². The number of rotatable bonds is 9. The molecule has 0 saturated heterocycles. The van der Waals surface area contributed by atoms with Crippen LogP contribution in [-0.2, 0) is 4.79 Å². The van der Waals surface area contributed by atoms with Crippen LogP contribution >= 0.6 is 11.8 Å². The van der Waals surface area contributed by atoms with Crippen LogP contribution in [-0.4, -0.2) is 51.5 Å². The first-order valence-electron chi connectivity index (χ1n) is 9.73. The van der Waals surface area contributed by atoms with Gasteiger partial charge < -0.3 is 9.64 Å². The molecule has 3 aromatic rings. The molecule has 0 fully saturated rings. The van der Waals surface area contributed by atoms with E-state index in [9.17, 15) is 4.79 Å². The topological polar surface area (TPSA) is 60.2 Å². The highest BCUT2D eigenvalue weighted by Crippen LogP contribution is 2.29. The first kappa shape index (κ1) is 21.6. The lowest BCUT2D eigenvalue weighted by Gasteiger charge is -2.20. The van der Waals surface area contributed by atoms with E-state index in [1.807, 2.05) is 73.0 Å². The van der Waals surface area contributed by atoms with Crippen molar-refractivity contribution in [3.63, 3.8) is 0 Å². The Hall–Kier alpha value is -3.06. The average Bonchev–Trinajstić information content (AvgIpc) is 3.20. The van der Waals surface area contributed by atoms with Gasteiger partial charge in [-0.3, -0.25) is 9.36 Å². The SMILES string of the molecule is C=C(C)CN(CC)C(=O)CSc1nnc(-c2ccccc2)n1-c1ccc(OC)cc1. The zero-order chi connectivity index (χ0) is 21.5. The molecule has 0 bridgehead atoms. The van der Waals surface area contributed by atoms with Crippen molar-refractivity contribution in [2.24, 2.45) is 0 Å². The zero-order valence-corrected chi connectivity index (χ0v) is 18.4. The highest BCUT2D eigenvalue weighted by molar-refractivity contribution is 7.99. The van der Waals surface area contributed by atoms with Crippen molar-refractivity contribution >= 4 is 17.7 Å². The minimum absolute atomic E-state index is 0.0519. The molecule has 0 spiro atoms. The van der Waals surface area contributed by atoms with Crippen molar-refractivity contribution in [3.8, 4) is 22.8 Å². The maximum atomic E-state index is 12.7. The van der Waals surface area contributed by atoms with Gasteiger partial charge in [0.1, 0.15) is 5.75 Å². The number of hydrogen-bond acceptors (Lipinski definition) is 5. The molecule has 0 unspecified atom stereocenters. The second-order valence-electron chi connectivity index (χ2n) is 6.86. The Morgan fingerprint density at radius 2 is 1.83 bits per heavy atom. The standard InChI is InChI=1S/C23H26N4O2S/c1-5-26(15-17(2)3)21(28)16-30-23-25-24-22(18-9-7-6-8-10-18)27(23)19-11-13-20(29-4)14-12-19/h6-14H,2,5,15-16H2,1,3-4H3. The third-order valence-electron chi connectivity index (χ3n) is 4.52. The second-order valence-corrected chi connectivity index (χ2v) is 7.80. The minimum atomic E-state index is 0.0519. The van der Waals surface area contributed by atoms with Crippen molar-refractivity contribution in [1.82, 2.24) is 19.7 Å². The number of amides is 1. The molecule has 0 atom stereocenters. The Morgan fingerprint density at radius 3 is 2.43 bits per heavy atom. The average molecular weight is 423 g/mol. The quantitative estimate of drug-likeness (QED) is 0.376. The van der Waals surface area contributed by atoms with E-state index in [0.717, 1.165) is 28.4 Å². The number of thioether (sulfide) groups is 1. The fraction of sp³-hybridized carbons (Fsp3) is 0.261.